The summed E-state index contributed by atoms with van der Waals surface area (Å²) in [5, 5.41) is 29.5. The third kappa shape index (κ3) is 8.05. The van der Waals surface area contributed by atoms with Gasteiger partial charge in [0, 0.05) is 28.2 Å². The van der Waals surface area contributed by atoms with E-state index in [1.165, 1.54) is 28.9 Å². The van der Waals surface area contributed by atoms with Gasteiger partial charge in [-0.05, 0) is 17.1 Å². The predicted molar refractivity (Wildman–Crippen MR) is 155 cm³/mol. The zero-order valence-corrected chi connectivity index (χ0v) is 26.2. The molecule has 0 aliphatic carbocycles. The summed E-state index contributed by atoms with van der Waals surface area (Å²) in [4.78, 5) is 54.8. The second kappa shape index (κ2) is 14.2. The number of aromatic nitrogens is 2. The van der Waals surface area contributed by atoms with E-state index in [0.717, 1.165) is 27.7 Å². The minimum atomic E-state index is -1.50. The number of hydrogen-bond donors (Lipinski definition) is 4. The first-order valence-corrected chi connectivity index (χ1v) is 15.3. The predicted octanol–water partition coefficient (Wildman–Crippen LogP) is -4.53. The van der Waals surface area contributed by atoms with Gasteiger partial charge >= 0.3 is 0 Å². The number of halogens is 1. The molecule has 4 rings (SSSR count). The number of oxime groups is 1. The summed E-state index contributed by atoms with van der Waals surface area (Å²) in [6.07, 6.45) is 5.46. The molecule has 2 atom stereocenters. The van der Waals surface area contributed by atoms with Gasteiger partial charge in [0.25, 0.3) is 17.7 Å². The molecule has 2 aromatic heterocycles. The number of β-lactam (4-membered cyclic amide) rings is 1. The van der Waals surface area contributed by atoms with Gasteiger partial charge in [-0.1, -0.05) is 16.9 Å². The quantitative estimate of drug-likeness (QED) is 0.0324. The molecule has 0 bridgehead atoms. The zero-order valence-electron chi connectivity index (χ0n) is 23.0. The number of carboxylic acid groups (broad SMARTS) is 1. The van der Waals surface area contributed by atoms with Crippen molar-refractivity contribution >= 4 is 69.4 Å². The molecule has 4 heterocycles. The molecule has 0 saturated carbocycles. The number of nitrogens with one attached hydrogen (secondary N) is 1. The number of likely N-dealkylation sites (N-methyl/N-ethyl adjacent to an activating group) is 1. The SMILES string of the molecule is C[N+](C)(CC[n+]1ccc(S/C=C/C2=C(C(=O)[O-])N3C(=O)C(NC(=O)/C(=N\O)c4csc(N)n4)C3SC2)cc1)CC(N)=O.[Cl-]. The van der Waals surface area contributed by atoms with Gasteiger partial charge in [-0.15, -0.1) is 23.1 Å². The van der Waals surface area contributed by atoms with Crippen LogP contribution in [0.1, 0.15) is 5.69 Å². The second-order valence-electron chi connectivity index (χ2n) is 10.0. The molecule has 43 heavy (non-hydrogen) atoms. The van der Waals surface area contributed by atoms with E-state index in [1.807, 2.05) is 43.2 Å². The molecule has 230 valence electrons. The molecular formula is C25H29ClN8O6S3. The topological polar surface area (TPSA) is 208 Å². The summed E-state index contributed by atoms with van der Waals surface area (Å²) in [6.45, 7) is 1.67. The fourth-order valence-corrected chi connectivity index (χ4v) is 6.87. The third-order valence-electron chi connectivity index (χ3n) is 6.44. The summed E-state index contributed by atoms with van der Waals surface area (Å²) in [6, 6.07) is 2.80. The number of primary amides is 1. The number of carboxylic acids is 1. The van der Waals surface area contributed by atoms with Crippen LogP contribution in [0.15, 0.2) is 62.7 Å². The van der Waals surface area contributed by atoms with E-state index < -0.39 is 34.9 Å². The molecule has 1 fully saturated rings. The minimum absolute atomic E-state index is 0. The fraction of sp³-hybridized carbons (Fsp3) is 0.320. The molecular weight excluding hydrogens is 640 g/mol. The molecule has 0 spiro atoms. The monoisotopic (exact) mass is 668 g/mol. The molecule has 0 radical (unpaired) electrons. The lowest BCUT2D eigenvalue weighted by Gasteiger charge is -2.50. The molecule has 2 aromatic rings. The molecule has 14 nitrogen and oxygen atoms in total. The van der Waals surface area contributed by atoms with Crippen LogP contribution in [0.25, 0.3) is 0 Å². The summed E-state index contributed by atoms with van der Waals surface area (Å²) in [7, 11) is 3.88. The van der Waals surface area contributed by atoms with Crippen LogP contribution in [0.2, 0.25) is 0 Å². The highest BCUT2D eigenvalue weighted by molar-refractivity contribution is 8.02. The van der Waals surface area contributed by atoms with Gasteiger partial charge in [0.15, 0.2) is 36.3 Å². The number of thiazole rings is 1. The Hall–Kier alpha value is -3.64. The van der Waals surface area contributed by atoms with E-state index in [2.05, 4.69) is 15.5 Å². The Morgan fingerprint density at radius 2 is 2.05 bits per heavy atom. The van der Waals surface area contributed by atoms with Crippen molar-refractivity contribution in [3.63, 3.8) is 0 Å². The van der Waals surface area contributed by atoms with Gasteiger partial charge in [0.2, 0.25) is 0 Å². The van der Waals surface area contributed by atoms with Crippen molar-refractivity contribution in [1.29, 1.82) is 0 Å². The molecule has 2 unspecified atom stereocenters. The fourth-order valence-electron chi connectivity index (χ4n) is 4.33. The van der Waals surface area contributed by atoms with E-state index in [0.29, 0.717) is 16.6 Å². The van der Waals surface area contributed by atoms with Gasteiger partial charge in [0.1, 0.15) is 23.7 Å². The lowest BCUT2D eigenvalue weighted by Crippen LogP contribution is -3.00. The maximum Gasteiger partial charge on any atom is 0.276 e. The Balaban J connectivity index is 0.00000506. The first-order valence-electron chi connectivity index (χ1n) is 12.5. The number of thioether (sulfide) groups is 2. The van der Waals surface area contributed by atoms with Crippen molar-refractivity contribution in [2.45, 2.75) is 22.9 Å². The van der Waals surface area contributed by atoms with Gasteiger partial charge in [-0.2, -0.15) is 4.57 Å². The number of amides is 3. The number of rotatable bonds is 12. The number of nitrogens with two attached hydrogens (primary N) is 2. The average Bonchev–Trinajstić information content (AvgIpc) is 3.36. The zero-order chi connectivity index (χ0) is 30.6. The standard InChI is InChI=1S/C25H28N8O6S3.ClH/c1-33(2,11-17(26)34)9-8-31-6-3-15(4-7-31)40-10-5-14-12-41-23-19(22(36)32(23)20(14)24(37)38)29-21(35)18(30-39)16-13-42-25(27)28-16;/h3-7,10,13,19,23H,8-9,11-12H2,1-2H3,(H5-2,26,27,28,29,34,35,37,38,39);1H/b10-5+;. The number of quaternary nitrogens is 1. The Morgan fingerprint density at radius 3 is 2.63 bits per heavy atom. The van der Waals surface area contributed by atoms with Crippen molar-refractivity contribution in [3.05, 3.63) is 58.4 Å². The molecule has 0 aromatic carbocycles. The number of anilines is 1. The third-order valence-corrected chi connectivity index (χ3v) is 9.23. The van der Waals surface area contributed by atoms with Crippen LogP contribution in [0.5, 0.6) is 0 Å². The van der Waals surface area contributed by atoms with Crippen molar-refractivity contribution in [3.8, 4) is 0 Å². The number of pyridine rings is 1. The van der Waals surface area contributed by atoms with Crippen LogP contribution < -0.4 is 38.9 Å². The summed E-state index contributed by atoms with van der Waals surface area (Å²) < 4.78 is 2.47. The Labute approximate surface area is 265 Å². The largest absolute Gasteiger partial charge is 1.00 e. The van der Waals surface area contributed by atoms with Crippen LogP contribution in [0.4, 0.5) is 5.13 Å². The average molecular weight is 669 g/mol. The van der Waals surface area contributed by atoms with Crippen LogP contribution in [-0.4, -0.2) is 93.3 Å². The number of nitrogens with zero attached hydrogens (tertiary/aromatic N) is 5. The number of aliphatic carboxylic acids is 1. The summed E-state index contributed by atoms with van der Waals surface area (Å²) in [5.74, 6) is -3.06. The van der Waals surface area contributed by atoms with Crippen molar-refractivity contribution < 1.29 is 50.9 Å². The smallest absolute Gasteiger partial charge is 0.276 e. The highest BCUT2D eigenvalue weighted by Crippen LogP contribution is 2.40. The number of allylic oxidation sites excluding steroid dienone is 1. The first kappa shape index (κ1) is 33.9. The van der Waals surface area contributed by atoms with Crippen LogP contribution in [0, 0.1) is 0 Å². The summed E-state index contributed by atoms with van der Waals surface area (Å²) in [5.41, 5.74) is 10.7. The molecule has 1 saturated heterocycles. The van der Waals surface area contributed by atoms with E-state index in [9.17, 15) is 29.5 Å². The van der Waals surface area contributed by atoms with Crippen LogP contribution in [-0.2, 0) is 25.7 Å². The highest BCUT2D eigenvalue weighted by Gasteiger charge is 2.53. The molecule has 3 amide bonds. The van der Waals surface area contributed by atoms with Crippen LogP contribution >= 0.6 is 34.9 Å². The number of fused-ring (bicyclic) bond motifs is 1. The lowest BCUT2D eigenvalue weighted by atomic mass is 10.0. The number of nitrogen functional groups attached to an aromatic ring is 1. The normalized spacial score (nSPS) is 18.6. The second-order valence-corrected chi connectivity index (χ2v) is 13.0. The Morgan fingerprint density at radius 1 is 1.35 bits per heavy atom. The molecule has 2 aliphatic rings. The lowest BCUT2D eigenvalue weighted by molar-refractivity contribution is -0.903. The molecule has 18 heteroatoms. The van der Waals surface area contributed by atoms with E-state index >= 15 is 0 Å². The van der Waals surface area contributed by atoms with E-state index in [4.69, 9.17) is 11.5 Å². The maximum atomic E-state index is 12.9. The molecule has 6 N–H and O–H groups in total. The van der Waals surface area contributed by atoms with Gasteiger partial charge < -0.3 is 48.8 Å². The Bertz CT molecular complexity index is 1490. The highest BCUT2D eigenvalue weighted by atomic mass is 35.5. The number of carbonyl (C=O) groups is 4. The minimum Gasteiger partial charge on any atom is -1.00 e. The first-order chi connectivity index (χ1) is 19.9. The van der Waals surface area contributed by atoms with E-state index in [-0.39, 0.29) is 47.1 Å². The van der Waals surface area contributed by atoms with Crippen LogP contribution in [0.3, 0.4) is 0 Å². The van der Waals surface area contributed by atoms with E-state index in [1.54, 1.807) is 11.5 Å². The van der Waals surface area contributed by atoms with Gasteiger partial charge in [-0.3, -0.25) is 19.3 Å². The van der Waals surface area contributed by atoms with Crippen molar-refractivity contribution in [2.24, 2.45) is 10.9 Å². The maximum absolute atomic E-state index is 12.9. The summed E-state index contributed by atoms with van der Waals surface area (Å²) >= 11 is 3.71. The number of carbonyl (C=O) groups excluding carboxylic acids is 4. The van der Waals surface area contributed by atoms with Crippen molar-refractivity contribution in [1.82, 2.24) is 15.2 Å². The van der Waals surface area contributed by atoms with Gasteiger partial charge in [0.05, 0.1) is 25.8 Å². The number of hydrogen-bond acceptors (Lipinski definition) is 12. The molecule has 2 aliphatic heterocycles. The van der Waals surface area contributed by atoms with Crippen molar-refractivity contribution in [2.75, 3.05) is 38.7 Å². The van der Waals surface area contributed by atoms with Gasteiger partial charge in [-0.25, -0.2) is 4.98 Å². The Kier molecular flexibility index (Phi) is 11.2.